The SMILES string of the molecule is c1c2c(cc3c1oc1c3cc3c4c5c(ncc4n4c6cnc7c(c6c1c34)C1(CCCCC1)CC71CCCCC1)C1CC3CC(C1)CC5C3)C1CC3CC(CC2C3)C1. The van der Waals surface area contributed by atoms with Crippen molar-refractivity contribution in [2.24, 2.45) is 23.7 Å². The van der Waals surface area contributed by atoms with Gasteiger partial charge in [-0.15, -0.1) is 0 Å². The van der Waals surface area contributed by atoms with Crippen molar-refractivity contribution in [1.82, 2.24) is 14.4 Å². The molecule has 18 rings (SSSR count). The van der Waals surface area contributed by atoms with Crippen molar-refractivity contribution in [2.45, 2.75) is 169 Å². The fourth-order valence-corrected chi connectivity index (χ4v) is 18.1. The molecule has 4 unspecified atom stereocenters. The summed E-state index contributed by atoms with van der Waals surface area (Å²) < 4.78 is 10.2. The van der Waals surface area contributed by atoms with E-state index >= 15 is 0 Å². The van der Waals surface area contributed by atoms with Crippen LogP contribution in [0.15, 0.2) is 35.0 Å². The van der Waals surface area contributed by atoms with Crippen molar-refractivity contribution in [1.29, 1.82) is 0 Å². The molecule has 0 N–H and O–H groups in total. The van der Waals surface area contributed by atoms with Gasteiger partial charge in [0.15, 0.2) is 0 Å². The lowest BCUT2D eigenvalue weighted by Crippen LogP contribution is -2.32. The molecule has 8 bridgehead atoms. The van der Waals surface area contributed by atoms with Crippen molar-refractivity contribution >= 4 is 60.0 Å². The molecule has 57 heavy (non-hydrogen) atoms. The molecule has 5 heterocycles. The number of hydrogen-bond donors (Lipinski definition) is 0. The van der Waals surface area contributed by atoms with Gasteiger partial charge in [-0.1, -0.05) is 38.5 Å². The average molecular weight is 750 g/mol. The van der Waals surface area contributed by atoms with Crippen LogP contribution in [0, 0.1) is 23.7 Å². The van der Waals surface area contributed by atoms with E-state index in [-0.39, 0.29) is 10.8 Å². The molecule has 11 aliphatic rings. The van der Waals surface area contributed by atoms with Gasteiger partial charge < -0.3 is 8.82 Å². The van der Waals surface area contributed by atoms with Crippen LogP contribution in [0.1, 0.15) is 192 Å². The van der Waals surface area contributed by atoms with Gasteiger partial charge >= 0.3 is 0 Å². The summed E-state index contributed by atoms with van der Waals surface area (Å²) in [4.78, 5) is 11.3. The summed E-state index contributed by atoms with van der Waals surface area (Å²) in [7, 11) is 0. The van der Waals surface area contributed by atoms with Gasteiger partial charge in [-0.3, -0.25) is 9.97 Å². The second-order valence-corrected chi connectivity index (χ2v) is 22.5. The fourth-order valence-electron chi connectivity index (χ4n) is 18.1. The maximum Gasteiger partial charge on any atom is 0.145 e. The van der Waals surface area contributed by atoms with Gasteiger partial charge in [0.2, 0.25) is 0 Å². The van der Waals surface area contributed by atoms with Crippen LogP contribution in [0.25, 0.3) is 60.0 Å². The Morgan fingerprint density at radius 1 is 0.544 bits per heavy atom. The molecule has 7 aromatic rings. The highest BCUT2D eigenvalue weighted by Crippen LogP contribution is 2.64. The second kappa shape index (κ2) is 10.4. The lowest BCUT2D eigenvalue weighted by molar-refractivity contribution is 0.165. The number of furan rings is 1. The summed E-state index contributed by atoms with van der Waals surface area (Å²) in [6, 6.07) is 7.93. The molecular formula is C53H55N3O. The highest BCUT2D eigenvalue weighted by atomic mass is 16.3. The summed E-state index contributed by atoms with van der Waals surface area (Å²) in [5.41, 5.74) is 16.5. The van der Waals surface area contributed by atoms with Crippen LogP contribution in [0.5, 0.6) is 0 Å². The Morgan fingerprint density at radius 3 is 1.88 bits per heavy atom. The monoisotopic (exact) mass is 749 g/mol. The third kappa shape index (κ3) is 3.74. The summed E-state index contributed by atoms with van der Waals surface area (Å²) in [5, 5.41) is 8.73. The van der Waals surface area contributed by atoms with Crippen LogP contribution in [0.4, 0.5) is 0 Å². The quantitative estimate of drug-likeness (QED) is 0.155. The molecule has 5 aromatic heterocycles. The van der Waals surface area contributed by atoms with Gasteiger partial charge in [0.25, 0.3) is 0 Å². The van der Waals surface area contributed by atoms with E-state index in [0.717, 1.165) is 46.7 Å². The minimum Gasteiger partial charge on any atom is -0.455 e. The highest BCUT2D eigenvalue weighted by Gasteiger charge is 2.55. The first-order valence-electron chi connectivity index (χ1n) is 24.0. The average Bonchev–Trinajstić information content (AvgIpc) is 3.86. The van der Waals surface area contributed by atoms with E-state index < -0.39 is 0 Å². The van der Waals surface area contributed by atoms with E-state index in [1.807, 2.05) is 0 Å². The lowest BCUT2D eigenvalue weighted by atomic mass is 9.65. The molecule has 0 aliphatic heterocycles. The van der Waals surface area contributed by atoms with Crippen LogP contribution in [-0.4, -0.2) is 14.4 Å². The number of pyridine rings is 2. The Hall–Kier alpha value is -3.66. The van der Waals surface area contributed by atoms with Crippen LogP contribution in [0.2, 0.25) is 0 Å². The zero-order chi connectivity index (χ0) is 36.5. The molecular weight excluding hydrogens is 695 g/mol. The Kier molecular flexibility index (Phi) is 5.69. The molecule has 11 aliphatic carbocycles. The topological polar surface area (TPSA) is 43.3 Å². The normalized spacial score (nSPS) is 34.2. The number of aromatic nitrogens is 3. The van der Waals surface area contributed by atoms with Crippen molar-refractivity contribution in [3.8, 4) is 0 Å². The highest BCUT2D eigenvalue weighted by molar-refractivity contribution is 6.33. The Morgan fingerprint density at radius 2 is 1.16 bits per heavy atom. The van der Waals surface area contributed by atoms with E-state index in [4.69, 9.17) is 14.4 Å². The molecule has 6 fully saturated rings. The first kappa shape index (κ1) is 31.3. The molecule has 0 amide bonds. The summed E-state index contributed by atoms with van der Waals surface area (Å²) in [6.07, 6.45) is 33.5. The van der Waals surface area contributed by atoms with Crippen molar-refractivity contribution in [2.75, 3.05) is 0 Å². The minimum absolute atomic E-state index is 0.229. The van der Waals surface area contributed by atoms with Gasteiger partial charge in [0, 0.05) is 44.0 Å². The maximum absolute atomic E-state index is 7.51. The van der Waals surface area contributed by atoms with E-state index in [9.17, 15) is 0 Å². The molecule has 4 heteroatoms. The van der Waals surface area contributed by atoms with Gasteiger partial charge in [-0.2, -0.15) is 0 Å². The number of hydrogen-bond acceptors (Lipinski definition) is 3. The molecule has 288 valence electrons. The smallest absolute Gasteiger partial charge is 0.145 e. The van der Waals surface area contributed by atoms with Crippen LogP contribution in [-0.2, 0) is 10.8 Å². The molecule has 0 radical (unpaired) electrons. The number of nitrogens with zero attached hydrogens (tertiary/aromatic N) is 3. The fraction of sp³-hybridized carbons (Fsp3) is 0.585. The van der Waals surface area contributed by atoms with Gasteiger partial charge in [0.05, 0.1) is 40.0 Å². The van der Waals surface area contributed by atoms with Crippen LogP contribution >= 0.6 is 0 Å². The molecule has 2 spiro atoms. The molecule has 2 aromatic carbocycles. The van der Waals surface area contributed by atoms with E-state index in [1.165, 1.54) is 190 Å². The second-order valence-electron chi connectivity index (χ2n) is 22.5. The third-order valence-electron chi connectivity index (χ3n) is 19.6. The number of benzene rings is 2. The largest absolute Gasteiger partial charge is 0.455 e. The van der Waals surface area contributed by atoms with Gasteiger partial charge in [-0.05, 0) is 184 Å². The van der Waals surface area contributed by atoms with Gasteiger partial charge in [0.1, 0.15) is 11.2 Å². The Labute approximate surface area is 334 Å². The number of rotatable bonds is 0. The zero-order valence-electron chi connectivity index (χ0n) is 33.6. The summed E-state index contributed by atoms with van der Waals surface area (Å²) in [5.74, 6) is 6.34. The lowest BCUT2D eigenvalue weighted by Gasteiger charge is -2.39. The van der Waals surface area contributed by atoms with Crippen LogP contribution < -0.4 is 0 Å². The van der Waals surface area contributed by atoms with Gasteiger partial charge in [-0.25, -0.2) is 0 Å². The summed E-state index contributed by atoms with van der Waals surface area (Å²) in [6.45, 7) is 0. The van der Waals surface area contributed by atoms with E-state index in [0.29, 0.717) is 11.8 Å². The Bertz CT molecular complexity index is 2900. The van der Waals surface area contributed by atoms with Crippen molar-refractivity contribution in [3.63, 3.8) is 0 Å². The van der Waals surface area contributed by atoms with E-state index in [2.05, 4.69) is 35.0 Å². The Balaban J connectivity index is 1.08. The predicted octanol–water partition coefficient (Wildman–Crippen LogP) is 14.1. The maximum atomic E-state index is 7.51. The molecule has 0 saturated heterocycles. The predicted molar refractivity (Wildman–Crippen MR) is 229 cm³/mol. The van der Waals surface area contributed by atoms with Crippen LogP contribution in [0.3, 0.4) is 0 Å². The van der Waals surface area contributed by atoms with Crippen molar-refractivity contribution < 1.29 is 4.42 Å². The summed E-state index contributed by atoms with van der Waals surface area (Å²) >= 11 is 0. The van der Waals surface area contributed by atoms with Crippen molar-refractivity contribution in [3.05, 3.63) is 64.2 Å². The first-order chi connectivity index (χ1) is 28.1. The standard InChI is InChI=1S/C53H55N3O/c1-3-7-52(8-4-1)26-53(9-5-2-6-10-53)51-47(52)45-41(25-55-51)56-40-24-54-48-34-19-29-12-30(20-34)18-33(17-29)43(48)44(40)39-22-38-37-21-35-31-13-27-11-28(14-31)16-32(15-27)36(35)23-42(37)57-50(38)46(45)49(39)56/h21-25,27-34H,1-20,26H2. The number of fused-ring (bicyclic) bond motifs is 14. The molecule has 4 atom stereocenters. The molecule has 6 saturated carbocycles. The minimum atomic E-state index is 0.229. The van der Waals surface area contributed by atoms with E-state index in [1.54, 1.807) is 27.6 Å². The third-order valence-corrected chi connectivity index (χ3v) is 19.6. The zero-order valence-corrected chi connectivity index (χ0v) is 33.6. The first-order valence-corrected chi connectivity index (χ1v) is 24.0. The molecule has 4 nitrogen and oxygen atoms in total.